The van der Waals surface area contributed by atoms with Gasteiger partial charge in [0.15, 0.2) is 5.83 Å². The molecule has 0 aromatic carbocycles. The molecule has 0 aliphatic heterocycles. The largest absolute Gasteiger partial charge is 0.199 e. The third-order valence-corrected chi connectivity index (χ3v) is 6.81. The van der Waals surface area contributed by atoms with Gasteiger partial charge >= 0.3 is 0 Å². The molecule has 0 radical (unpaired) electrons. The van der Waals surface area contributed by atoms with Crippen LogP contribution in [-0.4, -0.2) is 0 Å². The number of rotatable bonds is 10. The molecule has 28 heavy (non-hydrogen) atoms. The highest BCUT2D eigenvalue weighted by atomic mass is 19.1. The van der Waals surface area contributed by atoms with Crippen LogP contribution in [0.1, 0.15) is 96.8 Å². The van der Waals surface area contributed by atoms with E-state index >= 15 is 0 Å². The maximum Gasteiger partial charge on any atom is 0.199 e. The van der Waals surface area contributed by atoms with Crippen LogP contribution in [0.3, 0.4) is 0 Å². The van der Waals surface area contributed by atoms with E-state index in [4.69, 9.17) is 5.26 Å². The van der Waals surface area contributed by atoms with Crippen molar-refractivity contribution in [2.45, 2.75) is 96.8 Å². The SMILES string of the molecule is CCCCCCCC1CCC(C=CC2CCC(C=CC=C(F)C#N)CC2)CC1. The molecular formula is C26H40FN. The van der Waals surface area contributed by atoms with E-state index in [0.717, 1.165) is 17.8 Å². The van der Waals surface area contributed by atoms with Crippen LogP contribution in [0, 0.1) is 35.0 Å². The Morgan fingerprint density at radius 2 is 1.36 bits per heavy atom. The summed E-state index contributed by atoms with van der Waals surface area (Å²) < 4.78 is 12.8. The van der Waals surface area contributed by atoms with Crippen molar-refractivity contribution < 1.29 is 4.39 Å². The van der Waals surface area contributed by atoms with Crippen LogP contribution in [-0.2, 0) is 0 Å². The van der Waals surface area contributed by atoms with Crippen molar-refractivity contribution in [3.63, 3.8) is 0 Å². The van der Waals surface area contributed by atoms with Crippen molar-refractivity contribution in [2.75, 3.05) is 0 Å². The zero-order valence-electron chi connectivity index (χ0n) is 17.9. The van der Waals surface area contributed by atoms with Gasteiger partial charge in [-0.3, -0.25) is 0 Å². The van der Waals surface area contributed by atoms with Gasteiger partial charge < -0.3 is 0 Å². The second-order valence-corrected chi connectivity index (χ2v) is 9.05. The Balaban J connectivity index is 1.58. The van der Waals surface area contributed by atoms with Gasteiger partial charge in [-0.05, 0) is 81.1 Å². The summed E-state index contributed by atoms with van der Waals surface area (Å²) in [5.74, 6) is 2.37. The molecular weight excluding hydrogens is 345 g/mol. The van der Waals surface area contributed by atoms with Gasteiger partial charge in [0.1, 0.15) is 6.07 Å². The lowest BCUT2D eigenvalue weighted by molar-refractivity contribution is 0.287. The van der Waals surface area contributed by atoms with Crippen molar-refractivity contribution >= 4 is 0 Å². The molecule has 0 amide bonds. The molecule has 0 heterocycles. The molecule has 0 aromatic rings. The number of unbranched alkanes of at least 4 members (excludes halogenated alkanes) is 4. The van der Waals surface area contributed by atoms with E-state index in [1.807, 2.05) is 0 Å². The highest BCUT2D eigenvalue weighted by molar-refractivity contribution is 5.19. The highest BCUT2D eigenvalue weighted by Gasteiger charge is 2.21. The standard InChI is InChI=1S/C26H40FN/c1-2-3-4-5-6-8-22-11-15-24(16-12-22)19-20-25-17-13-23(14-18-25)9-7-10-26(27)21-28/h7,9-10,19-20,22-25H,2-6,8,11-18H2,1H3. The molecule has 2 rings (SSSR count). The third kappa shape index (κ3) is 9.22. The zero-order chi connectivity index (χ0) is 20.0. The summed E-state index contributed by atoms with van der Waals surface area (Å²) in [6.45, 7) is 2.29. The fraction of sp³-hybridized carbons (Fsp3) is 0.731. The number of allylic oxidation sites excluding steroid dienone is 6. The Morgan fingerprint density at radius 3 is 1.93 bits per heavy atom. The minimum absolute atomic E-state index is 0.542. The van der Waals surface area contributed by atoms with E-state index in [-0.39, 0.29) is 0 Å². The molecule has 0 saturated heterocycles. The van der Waals surface area contributed by atoms with Crippen molar-refractivity contribution in [1.29, 1.82) is 5.26 Å². The molecule has 2 aliphatic carbocycles. The summed E-state index contributed by atoms with van der Waals surface area (Å²) in [4.78, 5) is 0. The molecule has 2 fully saturated rings. The van der Waals surface area contributed by atoms with Gasteiger partial charge in [0.05, 0.1) is 0 Å². The molecule has 2 aliphatic rings. The van der Waals surface area contributed by atoms with Crippen molar-refractivity contribution in [3.05, 3.63) is 36.2 Å². The van der Waals surface area contributed by atoms with Crippen LogP contribution >= 0.6 is 0 Å². The van der Waals surface area contributed by atoms with Crippen LogP contribution in [0.4, 0.5) is 4.39 Å². The summed E-state index contributed by atoms with van der Waals surface area (Å²) in [6.07, 6.45) is 29.1. The van der Waals surface area contributed by atoms with E-state index in [0.29, 0.717) is 5.92 Å². The van der Waals surface area contributed by atoms with Crippen molar-refractivity contribution in [2.24, 2.45) is 23.7 Å². The Hall–Kier alpha value is -1.36. The Morgan fingerprint density at radius 1 is 0.821 bits per heavy atom. The van der Waals surface area contributed by atoms with Gasteiger partial charge in [0.2, 0.25) is 0 Å². The number of nitrogens with zero attached hydrogens (tertiary/aromatic N) is 1. The molecule has 0 N–H and O–H groups in total. The minimum atomic E-state index is -0.709. The monoisotopic (exact) mass is 385 g/mol. The summed E-state index contributed by atoms with van der Waals surface area (Å²) >= 11 is 0. The lowest BCUT2D eigenvalue weighted by atomic mass is 9.78. The molecule has 0 unspecified atom stereocenters. The van der Waals surface area contributed by atoms with E-state index in [1.165, 1.54) is 102 Å². The van der Waals surface area contributed by atoms with E-state index in [1.54, 1.807) is 6.08 Å². The zero-order valence-corrected chi connectivity index (χ0v) is 17.9. The van der Waals surface area contributed by atoms with Crippen LogP contribution < -0.4 is 0 Å². The van der Waals surface area contributed by atoms with Crippen LogP contribution in [0.2, 0.25) is 0 Å². The summed E-state index contributed by atoms with van der Waals surface area (Å²) in [5.41, 5.74) is 0. The topological polar surface area (TPSA) is 23.8 Å². The second-order valence-electron chi connectivity index (χ2n) is 9.05. The van der Waals surface area contributed by atoms with Gasteiger partial charge in [-0.25, -0.2) is 0 Å². The lowest BCUT2D eigenvalue weighted by Gasteiger charge is -2.28. The molecule has 2 saturated carbocycles. The normalized spacial score (nSPS) is 29.4. The number of halogens is 1. The van der Waals surface area contributed by atoms with Gasteiger partial charge in [-0.2, -0.15) is 9.65 Å². The van der Waals surface area contributed by atoms with E-state index in [9.17, 15) is 4.39 Å². The van der Waals surface area contributed by atoms with Gasteiger partial charge in [-0.15, -0.1) is 0 Å². The average molecular weight is 386 g/mol. The minimum Gasteiger partial charge on any atom is -0.195 e. The molecule has 2 heteroatoms. The first-order valence-electron chi connectivity index (χ1n) is 11.8. The third-order valence-electron chi connectivity index (χ3n) is 6.81. The van der Waals surface area contributed by atoms with E-state index < -0.39 is 5.83 Å². The maximum absolute atomic E-state index is 12.8. The molecule has 0 atom stereocenters. The summed E-state index contributed by atoms with van der Waals surface area (Å²) in [6, 6.07) is 1.51. The molecule has 0 spiro atoms. The first-order valence-corrected chi connectivity index (χ1v) is 11.8. The lowest BCUT2D eigenvalue weighted by Crippen LogP contribution is -2.14. The number of hydrogen-bond acceptors (Lipinski definition) is 1. The predicted octanol–water partition coefficient (Wildman–Crippen LogP) is 8.45. The predicted molar refractivity (Wildman–Crippen MR) is 117 cm³/mol. The Bertz CT molecular complexity index is 537. The number of nitriles is 1. The Kier molecular flexibility index (Phi) is 11.3. The fourth-order valence-electron chi connectivity index (χ4n) is 4.88. The highest BCUT2D eigenvalue weighted by Crippen LogP contribution is 2.35. The van der Waals surface area contributed by atoms with Crippen molar-refractivity contribution in [3.8, 4) is 6.07 Å². The smallest absolute Gasteiger partial charge is 0.195 e. The first-order chi connectivity index (χ1) is 13.7. The first kappa shape index (κ1) is 22.9. The second kappa shape index (κ2) is 13.8. The average Bonchev–Trinajstić information content (AvgIpc) is 2.73. The van der Waals surface area contributed by atoms with Gasteiger partial charge in [0, 0.05) is 0 Å². The summed E-state index contributed by atoms with van der Waals surface area (Å²) in [5, 5.41) is 8.42. The molecule has 0 aromatic heterocycles. The van der Waals surface area contributed by atoms with Gasteiger partial charge in [0.25, 0.3) is 0 Å². The van der Waals surface area contributed by atoms with E-state index in [2.05, 4.69) is 25.2 Å². The van der Waals surface area contributed by atoms with Gasteiger partial charge in [-0.1, -0.05) is 69.8 Å². The van der Waals surface area contributed by atoms with Crippen LogP contribution in [0.25, 0.3) is 0 Å². The molecule has 1 nitrogen and oxygen atoms in total. The quantitative estimate of drug-likeness (QED) is 0.160. The maximum atomic E-state index is 12.8. The Labute approximate surface area is 172 Å². The van der Waals surface area contributed by atoms with Crippen LogP contribution in [0.15, 0.2) is 36.2 Å². The van der Waals surface area contributed by atoms with Crippen molar-refractivity contribution in [1.82, 2.24) is 0 Å². The summed E-state index contributed by atoms with van der Waals surface area (Å²) in [7, 11) is 0. The molecule has 156 valence electrons. The number of hydrogen-bond donors (Lipinski definition) is 0. The fourth-order valence-corrected chi connectivity index (χ4v) is 4.88. The molecule has 0 bridgehead atoms. The van der Waals surface area contributed by atoms with Crippen LogP contribution in [0.5, 0.6) is 0 Å².